The van der Waals surface area contributed by atoms with Gasteiger partial charge < -0.3 is 15.2 Å². The Morgan fingerprint density at radius 2 is 1.85 bits per heavy atom. The van der Waals surface area contributed by atoms with E-state index in [4.69, 9.17) is 9.84 Å². The molecule has 0 heterocycles. The fourth-order valence-electron chi connectivity index (χ4n) is 1.94. The van der Waals surface area contributed by atoms with Crippen LogP contribution in [0.5, 0.6) is 5.75 Å². The van der Waals surface area contributed by atoms with Crippen LogP contribution in [-0.4, -0.2) is 30.8 Å². The zero-order valence-electron chi connectivity index (χ0n) is 12.2. The molecule has 1 aromatic rings. The molecular weight excluding hydrogens is 254 g/mol. The molecule has 0 aliphatic heterocycles. The Kier molecular flexibility index (Phi) is 8.47. The maximum atomic E-state index is 11.7. The highest BCUT2D eigenvalue weighted by molar-refractivity contribution is 5.78. The standard InChI is InChI=1S/C16H25NO3/c1-2-20-15-9-7-14(8-10-15)13-16(19)17-11-5-3-4-6-12-18/h7-10,18H,2-6,11-13H2,1H3,(H,17,19). The SMILES string of the molecule is CCOc1ccc(CC(=O)NCCCCCCO)cc1. The summed E-state index contributed by atoms with van der Waals surface area (Å²) >= 11 is 0. The monoisotopic (exact) mass is 279 g/mol. The molecule has 0 unspecified atom stereocenters. The predicted molar refractivity (Wildman–Crippen MR) is 79.9 cm³/mol. The van der Waals surface area contributed by atoms with E-state index in [-0.39, 0.29) is 12.5 Å². The van der Waals surface area contributed by atoms with Crippen LogP contribution >= 0.6 is 0 Å². The van der Waals surface area contributed by atoms with Crippen molar-refractivity contribution in [3.05, 3.63) is 29.8 Å². The van der Waals surface area contributed by atoms with Crippen molar-refractivity contribution < 1.29 is 14.6 Å². The Hall–Kier alpha value is -1.55. The molecular formula is C16H25NO3. The first-order valence-electron chi connectivity index (χ1n) is 7.35. The van der Waals surface area contributed by atoms with Crippen LogP contribution in [0.4, 0.5) is 0 Å². The molecule has 0 fully saturated rings. The van der Waals surface area contributed by atoms with Gasteiger partial charge in [0, 0.05) is 13.2 Å². The number of carbonyl (C=O) groups is 1. The van der Waals surface area contributed by atoms with Crippen LogP contribution in [0.1, 0.15) is 38.2 Å². The zero-order chi connectivity index (χ0) is 14.6. The molecule has 2 N–H and O–H groups in total. The number of hydrogen-bond donors (Lipinski definition) is 2. The molecule has 1 amide bonds. The summed E-state index contributed by atoms with van der Waals surface area (Å²) in [5.41, 5.74) is 0.992. The van der Waals surface area contributed by atoms with Gasteiger partial charge in [0.1, 0.15) is 5.75 Å². The number of ether oxygens (including phenoxy) is 1. The molecule has 0 aromatic heterocycles. The smallest absolute Gasteiger partial charge is 0.224 e. The van der Waals surface area contributed by atoms with Crippen LogP contribution in [0.3, 0.4) is 0 Å². The second-order valence-electron chi connectivity index (χ2n) is 4.74. The fraction of sp³-hybridized carbons (Fsp3) is 0.562. The van der Waals surface area contributed by atoms with Crippen molar-refractivity contribution in [2.75, 3.05) is 19.8 Å². The molecule has 0 radical (unpaired) electrons. The maximum absolute atomic E-state index is 11.7. The van der Waals surface area contributed by atoms with E-state index in [1.54, 1.807) is 0 Å². The molecule has 0 spiro atoms. The molecule has 0 aliphatic carbocycles. The molecule has 0 saturated carbocycles. The van der Waals surface area contributed by atoms with Gasteiger partial charge in [0.15, 0.2) is 0 Å². The fourth-order valence-corrected chi connectivity index (χ4v) is 1.94. The summed E-state index contributed by atoms with van der Waals surface area (Å²) in [6, 6.07) is 7.62. The lowest BCUT2D eigenvalue weighted by Crippen LogP contribution is -2.26. The summed E-state index contributed by atoms with van der Waals surface area (Å²) < 4.78 is 5.36. The van der Waals surface area contributed by atoms with E-state index in [1.807, 2.05) is 31.2 Å². The van der Waals surface area contributed by atoms with E-state index < -0.39 is 0 Å². The van der Waals surface area contributed by atoms with Crippen molar-refractivity contribution in [2.24, 2.45) is 0 Å². The number of hydrogen-bond acceptors (Lipinski definition) is 3. The number of rotatable bonds is 10. The summed E-state index contributed by atoms with van der Waals surface area (Å²) in [4.78, 5) is 11.7. The molecule has 0 aliphatic rings. The third-order valence-electron chi connectivity index (χ3n) is 3.01. The number of unbranched alkanes of at least 4 members (excludes halogenated alkanes) is 3. The summed E-state index contributed by atoms with van der Waals surface area (Å²) in [6.07, 6.45) is 4.29. The van der Waals surface area contributed by atoms with Crippen LogP contribution < -0.4 is 10.1 Å². The van der Waals surface area contributed by atoms with Gasteiger partial charge in [-0.3, -0.25) is 4.79 Å². The highest BCUT2D eigenvalue weighted by Gasteiger charge is 2.03. The van der Waals surface area contributed by atoms with Crippen LogP contribution in [-0.2, 0) is 11.2 Å². The van der Waals surface area contributed by atoms with E-state index in [0.29, 0.717) is 19.6 Å². The lowest BCUT2D eigenvalue weighted by molar-refractivity contribution is -0.120. The lowest BCUT2D eigenvalue weighted by Gasteiger charge is -2.06. The number of carbonyl (C=O) groups excluding carboxylic acids is 1. The Labute approximate surface area is 121 Å². The summed E-state index contributed by atoms with van der Waals surface area (Å²) in [6.45, 7) is 3.56. The third kappa shape index (κ3) is 7.14. The van der Waals surface area contributed by atoms with Crippen molar-refractivity contribution in [1.29, 1.82) is 0 Å². The molecule has 1 rings (SSSR count). The second-order valence-corrected chi connectivity index (χ2v) is 4.74. The van der Waals surface area contributed by atoms with Crippen LogP contribution in [0.25, 0.3) is 0 Å². The first kappa shape index (κ1) is 16.5. The van der Waals surface area contributed by atoms with Gasteiger partial charge >= 0.3 is 0 Å². The maximum Gasteiger partial charge on any atom is 0.224 e. The van der Waals surface area contributed by atoms with E-state index in [0.717, 1.165) is 37.0 Å². The highest BCUT2D eigenvalue weighted by Crippen LogP contribution is 2.12. The highest BCUT2D eigenvalue weighted by atomic mass is 16.5. The number of amides is 1. The average molecular weight is 279 g/mol. The number of nitrogens with one attached hydrogen (secondary N) is 1. The van der Waals surface area contributed by atoms with Crippen LogP contribution in [0.2, 0.25) is 0 Å². The van der Waals surface area contributed by atoms with E-state index in [1.165, 1.54) is 0 Å². The van der Waals surface area contributed by atoms with Gasteiger partial charge in [0.05, 0.1) is 13.0 Å². The van der Waals surface area contributed by atoms with Gasteiger partial charge in [0.2, 0.25) is 5.91 Å². The van der Waals surface area contributed by atoms with Crippen LogP contribution in [0.15, 0.2) is 24.3 Å². The Morgan fingerprint density at radius 3 is 2.50 bits per heavy atom. The quantitative estimate of drug-likeness (QED) is 0.646. The largest absolute Gasteiger partial charge is 0.494 e. The summed E-state index contributed by atoms with van der Waals surface area (Å²) in [5.74, 6) is 0.886. The minimum atomic E-state index is 0.0521. The average Bonchev–Trinajstić information content (AvgIpc) is 2.45. The van der Waals surface area contributed by atoms with Gasteiger partial charge in [0.25, 0.3) is 0 Å². The van der Waals surface area contributed by atoms with Crippen molar-refractivity contribution in [1.82, 2.24) is 5.32 Å². The van der Waals surface area contributed by atoms with Gasteiger partial charge in [-0.25, -0.2) is 0 Å². The summed E-state index contributed by atoms with van der Waals surface area (Å²) in [5, 5.41) is 11.6. The van der Waals surface area contributed by atoms with E-state index in [9.17, 15) is 4.79 Å². The van der Waals surface area contributed by atoms with Crippen LogP contribution in [0, 0.1) is 0 Å². The normalized spacial score (nSPS) is 10.3. The molecule has 1 aromatic carbocycles. The Morgan fingerprint density at radius 1 is 1.15 bits per heavy atom. The topological polar surface area (TPSA) is 58.6 Å². The number of aliphatic hydroxyl groups excluding tert-OH is 1. The van der Waals surface area contributed by atoms with Crippen molar-refractivity contribution >= 4 is 5.91 Å². The van der Waals surface area contributed by atoms with Gasteiger partial charge in [-0.15, -0.1) is 0 Å². The third-order valence-corrected chi connectivity index (χ3v) is 3.01. The molecule has 4 heteroatoms. The molecule has 4 nitrogen and oxygen atoms in total. The predicted octanol–water partition coefficient (Wildman–Crippen LogP) is 2.30. The number of aliphatic hydroxyl groups is 1. The minimum absolute atomic E-state index is 0.0521. The van der Waals surface area contributed by atoms with E-state index >= 15 is 0 Å². The van der Waals surface area contributed by atoms with Gasteiger partial charge in [-0.2, -0.15) is 0 Å². The van der Waals surface area contributed by atoms with Crippen molar-refractivity contribution in [3.63, 3.8) is 0 Å². The molecule has 0 bridgehead atoms. The lowest BCUT2D eigenvalue weighted by atomic mass is 10.1. The first-order chi connectivity index (χ1) is 9.76. The van der Waals surface area contributed by atoms with Gasteiger partial charge in [-0.1, -0.05) is 25.0 Å². The van der Waals surface area contributed by atoms with E-state index in [2.05, 4.69) is 5.32 Å². The number of benzene rings is 1. The Bertz CT molecular complexity index is 376. The second kappa shape index (κ2) is 10.3. The van der Waals surface area contributed by atoms with Crippen molar-refractivity contribution in [2.45, 2.75) is 39.0 Å². The Balaban J connectivity index is 2.18. The van der Waals surface area contributed by atoms with Crippen molar-refractivity contribution in [3.8, 4) is 5.75 Å². The molecule has 0 saturated heterocycles. The molecule has 20 heavy (non-hydrogen) atoms. The molecule has 0 atom stereocenters. The molecule has 112 valence electrons. The minimum Gasteiger partial charge on any atom is -0.494 e. The van der Waals surface area contributed by atoms with Gasteiger partial charge in [-0.05, 0) is 37.5 Å². The zero-order valence-corrected chi connectivity index (χ0v) is 12.2. The summed E-state index contributed by atoms with van der Waals surface area (Å²) in [7, 11) is 0. The first-order valence-corrected chi connectivity index (χ1v) is 7.35.